The number of anilines is 2. The van der Waals surface area contributed by atoms with Gasteiger partial charge in [0.2, 0.25) is 5.91 Å². The number of pyridine rings is 1. The number of hydrogen-bond acceptors (Lipinski definition) is 6. The van der Waals surface area contributed by atoms with E-state index in [1.807, 2.05) is 56.1 Å². The van der Waals surface area contributed by atoms with Gasteiger partial charge in [0.05, 0.1) is 41.1 Å². The third-order valence-electron chi connectivity index (χ3n) is 8.99. The summed E-state index contributed by atoms with van der Waals surface area (Å²) in [6.45, 7) is 4.62. The van der Waals surface area contributed by atoms with E-state index in [0.29, 0.717) is 62.9 Å². The van der Waals surface area contributed by atoms with E-state index in [4.69, 9.17) is 9.98 Å². The molecule has 0 saturated carbocycles. The van der Waals surface area contributed by atoms with Crippen LogP contribution >= 0.6 is 0 Å². The Labute approximate surface area is 319 Å². The summed E-state index contributed by atoms with van der Waals surface area (Å²) in [5.41, 5.74) is 2.94. The Hall–Kier alpha value is -6.52. The van der Waals surface area contributed by atoms with Crippen LogP contribution in [0.25, 0.3) is 29.1 Å². The van der Waals surface area contributed by atoms with Crippen LogP contribution in [-0.4, -0.2) is 69.2 Å². The average Bonchev–Trinajstić information content (AvgIpc) is 3.97. The van der Waals surface area contributed by atoms with E-state index in [2.05, 4.69) is 20.6 Å². The SMILES string of the molecule is CCN(C)c1ccc(-c2cccc(C(F)(F)F)c2)nc1N(C)C(C)=Nc1cccc(-n2cc(CNC(=O)C/C=c3\cc/c(=C/c4cccn4B(F)F)[nH]3)nn2)c1. The molecule has 6 aromatic rings. The Bertz CT molecular complexity index is 2470. The van der Waals surface area contributed by atoms with Gasteiger partial charge in [-0.1, -0.05) is 29.5 Å². The zero-order valence-corrected chi connectivity index (χ0v) is 31.0. The zero-order valence-electron chi connectivity index (χ0n) is 31.0. The molecule has 11 nitrogen and oxygen atoms in total. The highest BCUT2D eigenvalue weighted by Gasteiger charge is 2.30. The van der Waals surface area contributed by atoms with Gasteiger partial charge in [0.25, 0.3) is 0 Å². The molecule has 0 fully saturated rings. The fourth-order valence-electron chi connectivity index (χ4n) is 5.76. The second kappa shape index (κ2) is 16.9. The van der Waals surface area contributed by atoms with E-state index >= 15 is 0 Å². The topological polar surface area (TPSA) is 112 Å². The summed E-state index contributed by atoms with van der Waals surface area (Å²) in [6, 6.07) is 22.6. The molecule has 1 amide bonds. The molecule has 0 saturated heterocycles. The molecule has 0 unspecified atom stereocenters. The molecule has 0 aliphatic heterocycles. The number of carbonyl (C=O) groups excluding carboxylic acids is 1. The van der Waals surface area contributed by atoms with Gasteiger partial charge in [-0.2, -0.15) is 13.2 Å². The number of alkyl halides is 3. The summed E-state index contributed by atoms with van der Waals surface area (Å²) in [4.78, 5) is 29.1. The Balaban J connectivity index is 1.12. The van der Waals surface area contributed by atoms with Gasteiger partial charge in [0.15, 0.2) is 5.82 Å². The Kier molecular flexibility index (Phi) is 11.8. The number of aliphatic imine (C=N–C) groups is 1. The van der Waals surface area contributed by atoms with Crippen molar-refractivity contribution in [1.29, 1.82) is 0 Å². The van der Waals surface area contributed by atoms with E-state index in [0.717, 1.165) is 22.3 Å². The van der Waals surface area contributed by atoms with Crippen LogP contribution in [-0.2, 0) is 17.5 Å². The van der Waals surface area contributed by atoms with Gasteiger partial charge in [-0.3, -0.25) is 13.4 Å². The van der Waals surface area contributed by atoms with Crippen LogP contribution in [0.2, 0.25) is 0 Å². The maximum absolute atomic E-state index is 13.5. The predicted molar refractivity (Wildman–Crippen MR) is 208 cm³/mol. The van der Waals surface area contributed by atoms with Crippen molar-refractivity contribution in [3.8, 4) is 16.9 Å². The number of amidine groups is 1. The molecule has 56 heavy (non-hydrogen) atoms. The van der Waals surface area contributed by atoms with Crippen molar-refractivity contribution in [3.05, 3.63) is 125 Å². The Morgan fingerprint density at radius 2 is 1.79 bits per heavy atom. The molecule has 0 bridgehead atoms. The lowest BCUT2D eigenvalue weighted by molar-refractivity contribution is -0.137. The standard InChI is InChI=1S/C39H38BF5N10O/c1-5-52(3)36-18-17-35(27-9-6-10-28(21-27)39(41,42)43)49-38(36)53(4)26(2)47-30-11-7-12-34(23-30)55-25-32(50-51-55)24-46-37(56)19-16-29-14-15-31(48-29)22-33-13-8-20-54(33)40(44)45/h6-18,20-23,25,48H,5,19,24H2,1-4H3,(H,46,56)/b29-16+,31-22-,47-26?. The first-order chi connectivity index (χ1) is 26.8. The Morgan fingerprint density at radius 1 is 1.00 bits per heavy atom. The number of nitrogens with zero attached hydrogens (tertiary/aromatic N) is 8. The molecule has 0 aliphatic rings. The molecule has 0 atom stereocenters. The predicted octanol–water partition coefficient (Wildman–Crippen LogP) is 6.21. The van der Waals surface area contributed by atoms with Gasteiger partial charge < -0.3 is 24.6 Å². The monoisotopic (exact) mass is 768 g/mol. The van der Waals surface area contributed by atoms with Crippen molar-refractivity contribution in [1.82, 2.24) is 34.8 Å². The number of H-pyrrole nitrogens is 1. The molecular formula is C39H38BF5N10O. The minimum Gasteiger partial charge on any atom is -0.372 e. The van der Waals surface area contributed by atoms with E-state index in [9.17, 15) is 26.6 Å². The fraction of sp³-hybridized carbons (Fsp3) is 0.205. The summed E-state index contributed by atoms with van der Waals surface area (Å²) in [7, 11) is 1.07. The Morgan fingerprint density at radius 3 is 2.55 bits per heavy atom. The van der Waals surface area contributed by atoms with Gasteiger partial charge in [-0.25, -0.2) is 14.7 Å². The summed E-state index contributed by atoms with van der Waals surface area (Å²) in [5.74, 6) is 0.860. The summed E-state index contributed by atoms with van der Waals surface area (Å²) < 4.78 is 69.1. The van der Waals surface area contributed by atoms with Crippen molar-refractivity contribution < 1.29 is 26.6 Å². The summed E-state index contributed by atoms with van der Waals surface area (Å²) in [6.07, 6.45) is 1.91. The molecule has 17 heteroatoms. The highest BCUT2D eigenvalue weighted by Crippen LogP contribution is 2.34. The quantitative estimate of drug-likeness (QED) is 0.0664. The molecule has 288 valence electrons. The van der Waals surface area contributed by atoms with Crippen LogP contribution in [0.4, 0.5) is 39.0 Å². The van der Waals surface area contributed by atoms with Crippen LogP contribution in [0.15, 0.2) is 102 Å². The first-order valence-corrected chi connectivity index (χ1v) is 17.6. The molecule has 4 aromatic heterocycles. The summed E-state index contributed by atoms with van der Waals surface area (Å²) >= 11 is 0. The number of halogens is 5. The highest BCUT2D eigenvalue weighted by atomic mass is 19.4. The number of benzene rings is 2. The first-order valence-electron chi connectivity index (χ1n) is 17.6. The van der Waals surface area contributed by atoms with E-state index in [-0.39, 0.29) is 18.9 Å². The van der Waals surface area contributed by atoms with E-state index in [1.165, 1.54) is 12.3 Å². The molecule has 4 heterocycles. The van der Waals surface area contributed by atoms with Crippen LogP contribution < -0.4 is 25.8 Å². The molecule has 0 aliphatic carbocycles. The minimum absolute atomic E-state index is 0.0800. The fourth-order valence-corrected chi connectivity index (χ4v) is 5.76. The first kappa shape index (κ1) is 39.2. The van der Waals surface area contributed by atoms with Crippen LogP contribution in [0.3, 0.4) is 0 Å². The number of carbonyl (C=O) groups is 1. The summed E-state index contributed by atoms with van der Waals surface area (Å²) in [5, 5.41) is 12.5. The average molecular weight is 769 g/mol. The van der Waals surface area contributed by atoms with Crippen molar-refractivity contribution in [2.24, 2.45) is 4.99 Å². The van der Waals surface area contributed by atoms with Gasteiger partial charge in [-0.15, -0.1) is 5.10 Å². The maximum Gasteiger partial charge on any atom is 0.677 e. The smallest absolute Gasteiger partial charge is 0.372 e. The number of aromatic amines is 1. The maximum atomic E-state index is 13.5. The molecule has 6 rings (SSSR count). The number of nitrogens with one attached hydrogen (secondary N) is 2. The zero-order chi connectivity index (χ0) is 40.0. The van der Waals surface area contributed by atoms with Gasteiger partial charge in [-0.05, 0) is 92.9 Å². The van der Waals surface area contributed by atoms with Crippen LogP contribution in [0.1, 0.15) is 37.2 Å². The van der Waals surface area contributed by atoms with E-state index in [1.54, 1.807) is 71.4 Å². The van der Waals surface area contributed by atoms with Gasteiger partial charge in [0.1, 0.15) is 11.5 Å². The third-order valence-corrected chi connectivity index (χ3v) is 8.99. The third kappa shape index (κ3) is 9.40. The van der Waals surface area contributed by atoms with Crippen molar-refractivity contribution >= 4 is 48.5 Å². The molecular weight excluding hydrogens is 730 g/mol. The molecule has 2 N–H and O–H groups in total. The normalized spacial score (nSPS) is 12.6. The van der Waals surface area contributed by atoms with E-state index < -0.39 is 19.1 Å². The minimum atomic E-state index is -4.48. The largest absolute Gasteiger partial charge is 0.677 e. The molecule has 2 aromatic carbocycles. The van der Waals surface area contributed by atoms with Gasteiger partial charge >= 0.3 is 13.6 Å². The molecule has 0 radical (unpaired) electrons. The van der Waals surface area contributed by atoms with Crippen LogP contribution in [0.5, 0.6) is 0 Å². The number of rotatable bonds is 12. The molecule has 0 spiro atoms. The number of hydrogen-bond donors (Lipinski definition) is 2. The lowest BCUT2D eigenvalue weighted by Gasteiger charge is -2.26. The number of amides is 1. The van der Waals surface area contributed by atoms with Crippen LogP contribution in [0, 0.1) is 0 Å². The van der Waals surface area contributed by atoms with Gasteiger partial charge in [0, 0.05) is 49.0 Å². The van der Waals surface area contributed by atoms with Crippen molar-refractivity contribution in [2.45, 2.75) is 33.0 Å². The van der Waals surface area contributed by atoms with Crippen molar-refractivity contribution in [3.63, 3.8) is 0 Å². The number of aromatic nitrogens is 6. The van der Waals surface area contributed by atoms with Crippen molar-refractivity contribution in [2.75, 3.05) is 30.4 Å². The lowest BCUT2D eigenvalue weighted by Crippen LogP contribution is -2.28. The second-order valence-corrected chi connectivity index (χ2v) is 12.8. The lowest BCUT2D eigenvalue weighted by atomic mass is 10.1. The second-order valence-electron chi connectivity index (χ2n) is 12.8. The highest BCUT2D eigenvalue weighted by molar-refractivity contribution is 6.41.